The summed E-state index contributed by atoms with van der Waals surface area (Å²) in [5.41, 5.74) is 1.72. The molecule has 148 valence electrons. The topological polar surface area (TPSA) is 92.7 Å². The van der Waals surface area contributed by atoms with Gasteiger partial charge in [0.25, 0.3) is 11.6 Å². The molecule has 1 aliphatic rings. The second kappa shape index (κ2) is 7.84. The highest BCUT2D eigenvalue weighted by molar-refractivity contribution is 5.98. The Balaban J connectivity index is 1.75. The van der Waals surface area contributed by atoms with Crippen LogP contribution in [0.5, 0.6) is 0 Å². The van der Waals surface area contributed by atoms with Gasteiger partial charge in [-0.15, -0.1) is 0 Å². The standard InChI is InChI=1S/C21H20N4O4/c1-23-11-13-24(14-12-23)21(26)19-18(15-7-9-17(10-8-15)25(27)28)22-20(29-19)16-5-3-2-4-6-16/h2-10H,11-14H2,1H3. The average molecular weight is 392 g/mol. The zero-order valence-corrected chi connectivity index (χ0v) is 15.9. The number of benzene rings is 2. The summed E-state index contributed by atoms with van der Waals surface area (Å²) in [5.74, 6) is 0.278. The van der Waals surface area contributed by atoms with Gasteiger partial charge in [0, 0.05) is 49.4 Å². The van der Waals surface area contributed by atoms with Gasteiger partial charge in [-0.1, -0.05) is 18.2 Å². The van der Waals surface area contributed by atoms with Crippen molar-refractivity contribution in [2.45, 2.75) is 0 Å². The number of nitro benzene ring substituents is 1. The van der Waals surface area contributed by atoms with Crippen LogP contribution < -0.4 is 0 Å². The Morgan fingerprint density at radius 2 is 1.66 bits per heavy atom. The van der Waals surface area contributed by atoms with E-state index in [9.17, 15) is 14.9 Å². The monoisotopic (exact) mass is 392 g/mol. The zero-order chi connectivity index (χ0) is 20.4. The summed E-state index contributed by atoms with van der Waals surface area (Å²) >= 11 is 0. The largest absolute Gasteiger partial charge is 0.430 e. The van der Waals surface area contributed by atoms with E-state index in [1.165, 1.54) is 12.1 Å². The maximum absolute atomic E-state index is 13.2. The molecule has 1 aromatic heterocycles. The van der Waals surface area contributed by atoms with Crippen LogP contribution in [-0.2, 0) is 0 Å². The predicted molar refractivity (Wildman–Crippen MR) is 107 cm³/mol. The molecule has 0 spiro atoms. The van der Waals surface area contributed by atoms with Gasteiger partial charge in [0.1, 0.15) is 5.69 Å². The van der Waals surface area contributed by atoms with Crippen LogP contribution in [-0.4, -0.2) is 58.8 Å². The molecule has 1 amide bonds. The first-order valence-corrected chi connectivity index (χ1v) is 9.32. The van der Waals surface area contributed by atoms with Crippen molar-refractivity contribution < 1.29 is 14.1 Å². The van der Waals surface area contributed by atoms with E-state index >= 15 is 0 Å². The molecule has 0 aliphatic carbocycles. The number of amides is 1. The fourth-order valence-corrected chi connectivity index (χ4v) is 3.26. The van der Waals surface area contributed by atoms with Crippen LogP contribution in [0.2, 0.25) is 0 Å². The maximum Gasteiger partial charge on any atom is 0.292 e. The van der Waals surface area contributed by atoms with Crippen molar-refractivity contribution in [3.63, 3.8) is 0 Å². The number of hydrogen-bond donors (Lipinski definition) is 0. The van der Waals surface area contributed by atoms with E-state index < -0.39 is 4.92 Å². The fraction of sp³-hybridized carbons (Fsp3) is 0.238. The minimum atomic E-state index is -0.460. The lowest BCUT2D eigenvalue weighted by Crippen LogP contribution is -2.47. The third-order valence-electron chi connectivity index (χ3n) is 4.98. The smallest absolute Gasteiger partial charge is 0.292 e. The lowest BCUT2D eigenvalue weighted by atomic mass is 10.1. The number of nitrogens with zero attached hydrogens (tertiary/aromatic N) is 4. The molecule has 1 fully saturated rings. The molecule has 0 N–H and O–H groups in total. The van der Waals surface area contributed by atoms with E-state index in [2.05, 4.69) is 9.88 Å². The van der Waals surface area contributed by atoms with Gasteiger partial charge >= 0.3 is 0 Å². The molecule has 8 nitrogen and oxygen atoms in total. The summed E-state index contributed by atoms with van der Waals surface area (Å²) in [6.07, 6.45) is 0. The number of nitro groups is 1. The normalized spacial score (nSPS) is 14.7. The summed E-state index contributed by atoms with van der Waals surface area (Å²) in [5, 5.41) is 11.0. The number of non-ortho nitro benzene ring substituents is 1. The number of piperazine rings is 1. The Bertz CT molecular complexity index is 1020. The van der Waals surface area contributed by atoms with E-state index in [1.807, 2.05) is 37.4 Å². The molecule has 0 radical (unpaired) electrons. The van der Waals surface area contributed by atoms with Gasteiger partial charge in [0.15, 0.2) is 0 Å². The minimum Gasteiger partial charge on any atom is -0.430 e. The molecule has 29 heavy (non-hydrogen) atoms. The summed E-state index contributed by atoms with van der Waals surface area (Å²) in [7, 11) is 2.02. The summed E-state index contributed by atoms with van der Waals surface area (Å²) in [6, 6.07) is 15.3. The summed E-state index contributed by atoms with van der Waals surface area (Å²) in [6.45, 7) is 2.80. The van der Waals surface area contributed by atoms with Crippen molar-refractivity contribution in [3.8, 4) is 22.7 Å². The minimum absolute atomic E-state index is 0.0209. The molecular formula is C21H20N4O4. The molecule has 4 rings (SSSR count). The Morgan fingerprint density at radius 1 is 1.00 bits per heavy atom. The third-order valence-corrected chi connectivity index (χ3v) is 4.98. The van der Waals surface area contributed by atoms with Gasteiger partial charge in [0.2, 0.25) is 11.7 Å². The van der Waals surface area contributed by atoms with Crippen LogP contribution in [0, 0.1) is 10.1 Å². The Kier molecular flexibility index (Phi) is 5.09. The molecule has 3 aromatic rings. The third kappa shape index (κ3) is 3.88. The van der Waals surface area contributed by atoms with Gasteiger partial charge < -0.3 is 14.2 Å². The van der Waals surface area contributed by atoms with Gasteiger partial charge in [-0.05, 0) is 31.3 Å². The molecule has 2 aromatic carbocycles. The number of rotatable bonds is 4. The van der Waals surface area contributed by atoms with Crippen LogP contribution in [0.1, 0.15) is 10.6 Å². The second-order valence-electron chi connectivity index (χ2n) is 6.96. The molecule has 8 heteroatoms. The summed E-state index contributed by atoms with van der Waals surface area (Å²) < 4.78 is 5.93. The van der Waals surface area contributed by atoms with E-state index in [4.69, 9.17) is 4.42 Å². The maximum atomic E-state index is 13.2. The van der Waals surface area contributed by atoms with Crippen LogP contribution in [0.4, 0.5) is 5.69 Å². The first-order valence-electron chi connectivity index (χ1n) is 9.32. The highest BCUT2D eigenvalue weighted by atomic mass is 16.6. The number of carbonyl (C=O) groups is 1. The van der Waals surface area contributed by atoms with Gasteiger partial charge in [-0.3, -0.25) is 14.9 Å². The van der Waals surface area contributed by atoms with Crippen molar-refractivity contribution in [2.75, 3.05) is 33.2 Å². The van der Waals surface area contributed by atoms with E-state index in [0.29, 0.717) is 30.2 Å². The molecule has 0 bridgehead atoms. The molecule has 2 heterocycles. The molecule has 1 saturated heterocycles. The first kappa shape index (κ1) is 18.8. The van der Waals surface area contributed by atoms with Gasteiger partial charge in [-0.2, -0.15) is 0 Å². The SMILES string of the molecule is CN1CCN(C(=O)c2oc(-c3ccccc3)nc2-c2ccc([N+](=O)[O-])cc2)CC1. The van der Waals surface area contributed by atoms with Gasteiger partial charge in [0.05, 0.1) is 4.92 Å². The van der Waals surface area contributed by atoms with E-state index in [1.54, 1.807) is 17.0 Å². The predicted octanol–water partition coefficient (Wildman–Crippen LogP) is 3.30. The number of likely N-dealkylation sites (N-methyl/N-ethyl adjacent to an activating group) is 1. The van der Waals surface area contributed by atoms with E-state index in [-0.39, 0.29) is 17.4 Å². The highest BCUT2D eigenvalue weighted by Gasteiger charge is 2.28. The number of carbonyl (C=O) groups excluding carboxylic acids is 1. The Hall–Kier alpha value is -3.52. The van der Waals surface area contributed by atoms with Crippen molar-refractivity contribution in [2.24, 2.45) is 0 Å². The van der Waals surface area contributed by atoms with Crippen LogP contribution in [0.25, 0.3) is 22.7 Å². The second-order valence-corrected chi connectivity index (χ2v) is 6.96. The number of aromatic nitrogens is 1. The van der Waals surface area contributed by atoms with Crippen molar-refractivity contribution >= 4 is 11.6 Å². The Morgan fingerprint density at radius 3 is 2.28 bits per heavy atom. The number of hydrogen-bond acceptors (Lipinski definition) is 6. The fourth-order valence-electron chi connectivity index (χ4n) is 3.26. The van der Waals surface area contributed by atoms with Crippen LogP contribution in [0.15, 0.2) is 59.0 Å². The molecule has 0 atom stereocenters. The van der Waals surface area contributed by atoms with E-state index in [0.717, 1.165) is 18.7 Å². The van der Waals surface area contributed by atoms with Crippen molar-refractivity contribution in [1.29, 1.82) is 0 Å². The zero-order valence-electron chi connectivity index (χ0n) is 15.9. The molecule has 0 unspecified atom stereocenters. The highest BCUT2D eigenvalue weighted by Crippen LogP contribution is 2.31. The average Bonchev–Trinajstić information content (AvgIpc) is 3.20. The lowest BCUT2D eigenvalue weighted by molar-refractivity contribution is -0.384. The van der Waals surface area contributed by atoms with Crippen molar-refractivity contribution in [1.82, 2.24) is 14.8 Å². The van der Waals surface area contributed by atoms with Crippen LogP contribution in [0.3, 0.4) is 0 Å². The lowest BCUT2D eigenvalue weighted by Gasteiger charge is -2.31. The summed E-state index contributed by atoms with van der Waals surface area (Å²) in [4.78, 5) is 32.2. The van der Waals surface area contributed by atoms with Crippen LogP contribution >= 0.6 is 0 Å². The first-order chi connectivity index (χ1) is 14.0. The molecule has 0 saturated carbocycles. The number of oxazole rings is 1. The molecule has 1 aliphatic heterocycles. The van der Waals surface area contributed by atoms with Crippen molar-refractivity contribution in [3.05, 3.63) is 70.5 Å². The van der Waals surface area contributed by atoms with Gasteiger partial charge in [-0.25, -0.2) is 4.98 Å². The Labute approximate surface area is 167 Å². The quantitative estimate of drug-likeness (QED) is 0.500. The molecular weight excluding hydrogens is 372 g/mol.